The Balaban J connectivity index is 0.000000283. The van der Waals surface area contributed by atoms with Crippen LogP contribution < -0.4 is 0 Å². The number of aliphatic hydroxyl groups is 1. The molecule has 2 bridgehead atoms. The first-order chi connectivity index (χ1) is 19.0. The smallest absolute Gasteiger partial charge is 0.347 e. The van der Waals surface area contributed by atoms with Gasteiger partial charge in [0.2, 0.25) is 5.60 Å². The minimum atomic E-state index is -4.27. The number of benzene rings is 3. The summed E-state index contributed by atoms with van der Waals surface area (Å²) in [6.07, 6.45) is 3.27. The van der Waals surface area contributed by atoms with Crippen LogP contribution in [0.2, 0.25) is 0 Å². The SMILES string of the molecule is C[N+]1(CCF)[C@@H]2CC[C@@H]1CC(OC(=O)C(O)(c1ccccc1)c1ccccc1)C2.Cc1ccc(S(=O)(=O)[O-])cc1. The second kappa shape index (κ2) is 12.2. The van der Waals surface area contributed by atoms with Gasteiger partial charge in [0.05, 0.1) is 24.0 Å². The average molecular weight is 570 g/mol. The topological polar surface area (TPSA) is 104 Å². The van der Waals surface area contributed by atoms with Crippen LogP contribution >= 0.6 is 0 Å². The van der Waals surface area contributed by atoms with Crippen molar-refractivity contribution in [3.05, 3.63) is 102 Å². The minimum Gasteiger partial charge on any atom is -0.744 e. The maximum atomic E-state index is 13.3. The van der Waals surface area contributed by atoms with Gasteiger partial charge in [0.15, 0.2) is 0 Å². The Kier molecular flexibility index (Phi) is 9.09. The van der Waals surface area contributed by atoms with Gasteiger partial charge in [0.1, 0.15) is 29.4 Å². The van der Waals surface area contributed by atoms with Crippen LogP contribution in [0, 0.1) is 6.92 Å². The third-order valence-corrected chi connectivity index (χ3v) is 9.25. The van der Waals surface area contributed by atoms with E-state index < -0.39 is 21.7 Å². The number of nitrogens with zero attached hydrogens (tertiary/aromatic N) is 1. The fraction of sp³-hybridized carbons (Fsp3) is 0.387. The Hall–Kier alpha value is -3.11. The van der Waals surface area contributed by atoms with Gasteiger partial charge in [-0.05, 0) is 30.2 Å². The molecule has 0 unspecified atom stereocenters. The van der Waals surface area contributed by atoms with Crippen LogP contribution in [0.15, 0.2) is 89.8 Å². The highest BCUT2D eigenvalue weighted by Crippen LogP contribution is 2.43. The van der Waals surface area contributed by atoms with Crippen LogP contribution in [0.1, 0.15) is 42.4 Å². The van der Waals surface area contributed by atoms with Gasteiger partial charge in [-0.2, -0.15) is 0 Å². The number of hydrogen-bond acceptors (Lipinski definition) is 6. The monoisotopic (exact) mass is 569 g/mol. The van der Waals surface area contributed by atoms with Crippen molar-refractivity contribution < 1.29 is 36.5 Å². The summed E-state index contributed by atoms with van der Waals surface area (Å²) in [5.41, 5.74) is 0.0642. The Labute approximate surface area is 235 Å². The van der Waals surface area contributed by atoms with E-state index in [-0.39, 0.29) is 17.7 Å². The number of halogens is 1. The number of fused-ring (bicyclic) bond motifs is 2. The highest BCUT2D eigenvalue weighted by atomic mass is 32.2. The molecule has 3 aromatic rings. The van der Waals surface area contributed by atoms with Crippen molar-refractivity contribution >= 4 is 16.1 Å². The molecule has 0 spiro atoms. The first-order valence-corrected chi connectivity index (χ1v) is 14.9. The lowest BCUT2D eigenvalue weighted by atomic mass is 9.86. The summed E-state index contributed by atoms with van der Waals surface area (Å²) in [4.78, 5) is 13.1. The second-order valence-corrected chi connectivity index (χ2v) is 12.2. The molecule has 2 fully saturated rings. The van der Waals surface area contributed by atoms with Gasteiger partial charge in [-0.1, -0.05) is 78.4 Å². The maximum absolute atomic E-state index is 13.3. The van der Waals surface area contributed by atoms with Gasteiger partial charge in [0.25, 0.3) is 0 Å². The molecule has 0 aromatic heterocycles. The molecule has 40 heavy (non-hydrogen) atoms. The molecule has 0 aliphatic carbocycles. The molecule has 0 radical (unpaired) electrons. The number of aryl methyl sites for hydroxylation is 1. The number of alkyl halides is 1. The Bertz CT molecular complexity index is 1330. The summed E-state index contributed by atoms with van der Waals surface area (Å²) in [7, 11) is -2.14. The van der Waals surface area contributed by atoms with E-state index in [2.05, 4.69) is 7.05 Å². The first kappa shape index (κ1) is 29.9. The van der Waals surface area contributed by atoms with Crippen LogP contribution in [0.3, 0.4) is 0 Å². The molecule has 2 saturated heterocycles. The van der Waals surface area contributed by atoms with Crippen molar-refractivity contribution in [2.24, 2.45) is 0 Å². The van der Waals surface area contributed by atoms with E-state index in [1.165, 1.54) is 12.1 Å². The number of carbonyl (C=O) groups excluding carboxylic acids is 1. The van der Waals surface area contributed by atoms with E-state index in [9.17, 15) is 27.3 Å². The van der Waals surface area contributed by atoms with Gasteiger partial charge >= 0.3 is 5.97 Å². The zero-order chi connectivity index (χ0) is 29.0. The number of ether oxygens (including phenoxy) is 1. The Morgan fingerprint density at radius 3 is 1.85 bits per heavy atom. The fourth-order valence-corrected chi connectivity index (χ4v) is 6.51. The number of hydrogen-bond donors (Lipinski definition) is 1. The molecule has 2 heterocycles. The van der Waals surface area contributed by atoms with Crippen molar-refractivity contribution in [1.29, 1.82) is 0 Å². The third-order valence-electron chi connectivity index (χ3n) is 8.40. The quantitative estimate of drug-likeness (QED) is 0.256. The summed E-state index contributed by atoms with van der Waals surface area (Å²) < 4.78 is 50.9. The van der Waals surface area contributed by atoms with Crippen LogP contribution in [-0.2, 0) is 25.3 Å². The van der Waals surface area contributed by atoms with Crippen molar-refractivity contribution in [3.63, 3.8) is 0 Å². The molecular formula is C31H36FNO6S. The maximum Gasteiger partial charge on any atom is 0.347 e. The average Bonchev–Trinajstić information content (AvgIpc) is 3.09. The summed E-state index contributed by atoms with van der Waals surface area (Å²) in [6, 6.07) is 24.3. The molecule has 9 heteroatoms. The summed E-state index contributed by atoms with van der Waals surface area (Å²) in [6.45, 7) is 2.02. The zero-order valence-electron chi connectivity index (χ0n) is 22.8. The van der Waals surface area contributed by atoms with E-state index >= 15 is 0 Å². The Morgan fingerprint density at radius 1 is 0.950 bits per heavy atom. The fourth-order valence-electron chi connectivity index (χ4n) is 6.04. The third kappa shape index (κ3) is 6.28. The molecule has 0 saturated carbocycles. The highest BCUT2D eigenvalue weighted by molar-refractivity contribution is 7.85. The van der Waals surface area contributed by atoms with Crippen molar-refractivity contribution in [2.75, 3.05) is 20.3 Å². The minimum absolute atomic E-state index is 0.178. The van der Waals surface area contributed by atoms with Crippen LogP contribution in [0.4, 0.5) is 4.39 Å². The largest absolute Gasteiger partial charge is 0.744 e. The van der Waals surface area contributed by atoms with Crippen LogP contribution in [0.5, 0.6) is 0 Å². The summed E-state index contributed by atoms with van der Waals surface area (Å²) in [5, 5.41) is 11.6. The summed E-state index contributed by atoms with van der Waals surface area (Å²) >= 11 is 0. The molecular weight excluding hydrogens is 533 g/mol. The van der Waals surface area contributed by atoms with Crippen molar-refractivity contribution in [3.8, 4) is 0 Å². The van der Waals surface area contributed by atoms with Gasteiger partial charge in [0, 0.05) is 25.7 Å². The second-order valence-electron chi connectivity index (χ2n) is 10.9. The van der Waals surface area contributed by atoms with Crippen molar-refractivity contribution in [2.45, 2.75) is 61.3 Å². The number of esters is 1. The number of piperidine rings is 1. The van der Waals surface area contributed by atoms with Crippen LogP contribution in [-0.4, -0.2) is 67.0 Å². The van der Waals surface area contributed by atoms with E-state index in [1.807, 2.05) is 19.1 Å². The van der Waals surface area contributed by atoms with E-state index in [0.29, 0.717) is 29.8 Å². The lowest BCUT2D eigenvalue weighted by Crippen LogP contribution is -2.60. The number of quaternary nitrogens is 1. The number of rotatable bonds is 7. The molecule has 214 valence electrons. The summed E-state index contributed by atoms with van der Waals surface area (Å²) in [5.74, 6) is -0.638. The van der Waals surface area contributed by atoms with Gasteiger partial charge < -0.3 is 18.9 Å². The first-order valence-electron chi connectivity index (χ1n) is 13.5. The molecule has 2 aliphatic rings. The van der Waals surface area contributed by atoms with Gasteiger partial charge in [-0.25, -0.2) is 17.6 Å². The Morgan fingerprint density at radius 2 is 1.43 bits per heavy atom. The standard InChI is InChI=1S/C24H29FNO3.C7H8O3S/c1-26(15-14-25)20-12-13-21(26)17-22(16-20)29-23(27)24(28,18-8-4-2-5-9-18)19-10-6-3-7-11-19;1-6-2-4-7(5-3-6)11(8,9)10/h2-11,20-22,28H,12-17H2,1H3;2-5H,1H3,(H,8,9,10)/q+1;/p-1/t20-,21-,22?,26?;/m1./s1. The zero-order valence-corrected chi connectivity index (χ0v) is 23.6. The molecule has 3 aromatic carbocycles. The van der Waals surface area contributed by atoms with Crippen molar-refractivity contribution in [1.82, 2.24) is 0 Å². The van der Waals surface area contributed by atoms with E-state index in [4.69, 9.17) is 4.74 Å². The van der Waals surface area contributed by atoms with E-state index in [1.54, 1.807) is 60.7 Å². The number of carbonyl (C=O) groups is 1. The molecule has 5 rings (SSSR count). The van der Waals surface area contributed by atoms with Gasteiger partial charge in [-0.3, -0.25) is 0 Å². The lowest BCUT2D eigenvalue weighted by Gasteiger charge is -2.46. The predicted molar refractivity (Wildman–Crippen MR) is 148 cm³/mol. The molecule has 7 nitrogen and oxygen atoms in total. The van der Waals surface area contributed by atoms with Crippen LogP contribution in [0.25, 0.3) is 0 Å². The molecule has 1 N–H and O–H groups in total. The lowest BCUT2D eigenvalue weighted by molar-refractivity contribution is -0.949. The predicted octanol–water partition coefficient (Wildman–Crippen LogP) is 4.47. The van der Waals surface area contributed by atoms with Gasteiger partial charge in [-0.15, -0.1) is 0 Å². The molecule has 0 amide bonds. The molecule has 2 atom stereocenters. The molecule has 2 aliphatic heterocycles. The van der Waals surface area contributed by atoms with E-state index in [0.717, 1.165) is 35.7 Å². The normalized spacial score (nSPS) is 24.1. The highest BCUT2D eigenvalue weighted by Gasteiger charge is 2.53.